The van der Waals surface area contributed by atoms with Crippen molar-refractivity contribution in [3.63, 3.8) is 0 Å². The maximum absolute atomic E-state index is 12.4. The van der Waals surface area contributed by atoms with Crippen molar-refractivity contribution in [2.24, 2.45) is 10.7 Å². The van der Waals surface area contributed by atoms with Gasteiger partial charge >= 0.3 is 0 Å². The van der Waals surface area contributed by atoms with Crippen molar-refractivity contribution in [1.29, 1.82) is 0 Å². The molecule has 2 aromatic carbocycles. The van der Waals surface area contributed by atoms with Gasteiger partial charge in [-0.3, -0.25) is 9.59 Å². The predicted octanol–water partition coefficient (Wildman–Crippen LogP) is 2.12. The third-order valence-corrected chi connectivity index (χ3v) is 4.75. The van der Waals surface area contributed by atoms with Crippen LogP contribution in [-0.2, 0) is 4.79 Å². The van der Waals surface area contributed by atoms with Gasteiger partial charge < -0.3 is 16.4 Å². The molecule has 1 aliphatic heterocycles. The van der Waals surface area contributed by atoms with Crippen LogP contribution in [0.4, 0.5) is 5.69 Å². The summed E-state index contributed by atoms with van der Waals surface area (Å²) in [6.07, 6.45) is 0. The first-order valence-electron chi connectivity index (χ1n) is 7.76. The number of aliphatic imine (C=N–C) groups is 1. The molecule has 7 heteroatoms. The van der Waals surface area contributed by atoms with Gasteiger partial charge in [0.2, 0.25) is 5.91 Å². The third-order valence-electron chi connectivity index (χ3n) is 3.69. The highest BCUT2D eigenvalue weighted by atomic mass is 32.2. The minimum atomic E-state index is -0.814. The fourth-order valence-electron chi connectivity index (χ4n) is 2.35. The molecule has 2 amide bonds. The number of para-hydroxylation sites is 1. The number of carbonyl (C=O) groups excluding carboxylic acids is 2. The molecular weight excluding hydrogens is 336 g/mol. The van der Waals surface area contributed by atoms with Crippen LogP contribution in [0, 0.1) is 6.92 Å². The van der Waals surface area contributed by atoms with E-state index in [-0.39, 0.29) is 5.91 Å². The summed E-state index contributed by atoms with van der Waals surface area (Å²) in [5, 5.41) is 5.96. The molecule has 2 aromatic rings. The van der Waals surface area contributed by atoms with E-state index in [0.717, 1.165) is 11.3 Å². The van der Waals surface area contributed by atoms with E-state index in [2.05, 4.69) is 15.6 Å². The standard InChI is InChI=1S/C18H18N4O2S/c1-11-7-9-12(10-8-11)16(24)22-17-14(15(19)23)21-18(25-17)20-13-5-3-2-4-6-13/h2-10,14,17H,1H3,(H2,19,23)(H,20,21)(H,22,24). The lowest BCUT2D eigenvalue weighted by Gasteiger charge is -2.16. The first kappa shape index (κ1) is 17.0. The van der Waals surface area contributed by atoms with E-state index < -0.39 is 17.3 Å². The average Bonchev–Trinajstić information content (AvgIpc) is 2.99. The van der Waals surface area contributed by atoms with E-state index in [9.17, 15) is 9.59 Å². The second kappa shape index (κ2) is 7.40. The number of rotatable bonds is 4. The van der Waals surface area contributed by atoms with E-state index in [4.69, 9.17) is 5.73 Å². The smallest absolute Gasteiger partial charge is 0.252 e. The Bertz CT molecular complexity index is 806. The van der Waals surface area contributed by atoms with E-state index in [1.54, 1.807) is 12.1 Å². The highest BCUT2D eigenvalue weighted by Gasteiger charge is 2.35. The number of primary amides is 1. The molecule has 0 spiro atoms. The Kier molecular flexibility index (Phi) is 5.04. The maximum Gasteiger partial charge on any atom is 0.252 e. The molecule has 0 saturated heterocycles. The number of nitrogens with zero attached hydrogens (tertiary/aromatic N) is 1. The largest absolute Gasteiger partial charge is 0.368 e. The molecule has 0 fully saturated rings. The number of thioether (sulfide) groups is 1. The summed E-state index contributed by atoms with van der Waals surface area (Å²) < 4.78 is 0. The van der Waals surface area contributed by atoms with Crippen LogP contribution in [0.15, 0.2) is 59.6 Å². The molecule has 2 atom stereocenters. The third kappa shape index (κ3) is 4.19. The van der Waals surface area contributed by atoms with Crippen molar-refractivity contribution in [3.05, 3.63) is 65.7 Å². The van der Waals surface area contributed by atoms with Gasteiger partial charge in [-0.25, -0.2) is 4.99 Å². The first-order valence-corrected chi connectivity index (χ1v) is 8.64. The molecule has 1 heterocycles. The van der Waals surface area contributed by atoms with Gasteiger partial charge in [-0.2, -0.15) is 0 Å². The van der Waals surface area contributed by atoms with Gasteiger partial charge in [0.1, 0.15) is 5.37 Å². The Morgan fingerprint density at radius 3 is 2.40 bits per heavy atom. The lowest BCUT2D eigenvalue weighted by atomic mass is 10.1. The molecule has 1 aliphatic rings. The van der Waals surface area contributed by atoms with E-state index in [1.807, 2.05) is 49.4 Å². The van der Waals surface area contributed by atoms with Crippen LogP contribution in [0.5, 0.6) is 0 Å². The van der Waals surface area contributed by atoms with Gasteiger partial charge in [0.05, 0.1) is 0 Å². The van der Waals surface area contributed by atoms with Crippen molar-refractivity contribution in [3.8, 4) is 0 Å². The molecule has 3 rings (SSSR count). The van der Waals surface area contributed by atoms with Crippen LogP contribution in [0.1, 0.15) is 15.9 Å². The summed E-state index contributed by atoms with van der Waals surface area (Å²) in [5.74, 6) is -0.841. The highest BCUT2D eigenvalue weighted by molar-refractivity contribution is 8.15. The fourth-order valence-corrected chi connectivity index (χ4v) is 3.44. The van der Waals surface area contributed by atoms with Gasteiger partial charge in [-0.1, -0.05) is 47.7 Å². The predicted molar refractivity (Wildman–Crippen MR) is 101 cm³/mol. The van der Waals surface area contributed by atoms with Gasteiger partial charge in [-0.05, 0) is 31.2 Å². The molecule has 4 N–H and O–H groups in total. The number of amidine groups is 1. The van der Waals surface area contributed by atoms with Crippen molar-refractivity contribution < 1.29 is 9.59 Å². The number of anilines is 1. The SMILES string of the molecule is Cc1ccc(C(=O)NC2SC(Nc3ccccc3)=NC2C(N)=O)cc1. The Morgan fingerprint density at radius 1 is 1.08 bits per heavy atom. The molecule has 2 unspecified atom stereocenters. The molecule has 128 valence electrons. The lowest BCUT2D eigenvalue weighted by molar-refractivity contribution is -0.119. The highest BCUT2D eigenvalue weighted by Crippen LogP contribution is 2.26. The molecule has 0 aromatic heterocycles. The monoisotopic (exact) mass is 354 g/mol. The summed E-state index contributed by atoms with van der Waals surface area (Å²) >= 11 is 1.27. The average molecular weight is 354 g/mol. The zero-order valence-corrected chi connectivity index (χ0v) is 14.4. The zero-order valence-electron chi connectivity index (χ0n) is 13.6. The summed E-state index contributed by atoms with van der Waals surface area (Å²) in [5.41, 5.74) is 7.88. The number of hydrogen-bond donors (Lipinski definition) is 3. The van der Waals surface area contributed by atoms with Crippen LogP contribution >= 0.6 is 11.8 Å². The molecule has 0 saturated carbocycles. The lowest BCUT2D eigenvalue weighted by Crippen LogP contribution is -2.44. The Labute approximate surface area is 149 Å². The van der Waals surface area contributed by atoms with Crippen LogP contribution in [-0.4, -0.2) is 28.4 Å². The number of aryl methyl sites for hydroxylation is 1. The fraction of sp³-hybridized carbons (Fsp3) is 0.167. The van der Waals surface area contributed by atoms with Gasteiger partial charge in [-0.15, -0.1) is 0 Å². The van der Waals surface area contributed by atoms with Gasteiger partial charge in [0.25, 0.3) is 5.91 Å². The van der Waals surface area contributed by atoms with Crippen molar-refractivity contribution in [1.82, 2.24) is 5.32 Å². The van der Waals surface area contributed by atoms with E-state index in [1.165, 1.54) is 11.8 Å². The van der Waals surface area contributed by atoms with Crippen LogP contribution in [0.2, 0.25) is 0 Å². The van der Waals surface area contributed by atoms with Crippen LogP contribution in [0.25, 0.3) is 0 Å². The normalized spacial score (nSPS) is 19.2. The number of benzene rings is 2. The van der Waals surface area contributed by atoms with Gasteiger partial charge in [0.15, 0.2) is 11.2 Å². The van der Waals surface area contributed by atoms with Crippen molar-refractivity contribution in [2.75, 3.05) is 5.32 Å². The first-order chi connectivity index (χ1) is 12.0. The topological polar surface area (TPSA) is 96.6 Å². The van der Waals surface area contributed by atoms with Gasteiger partial charge in [0, 0.05) is 11.3 Å². The summed E-state index contributed by atoms with van der Waals surface area (Å²) in [7, 11) is 0. The van der Waals surface area contributed by atoms with E-state index in [0.29, 0.717) is 10.7 Å². The number of nitrogens with two attached hydrogens (primary N) is 1. The maximum atomic E-state index is 12.4. The molecule has 0 radical (unpaired) electrons. The molecule has 0 bridgehead atoms. The molecule has 6 nitrogen and oxygen atoms in total. The van der Waals surface area contributed by atoms with Crippen LogP contribution < -0.4 is 16.4 Å². The zero-order chi connectivity index (χ0) is 17.8. The summed E-state index contributed by atoms with van der Waals surface area (Å²) in [4.78, 5) is 28.4. The van der Waals surface area contributed by atoms with Crippen LogP contribution in [0.3, 0.4) is 0 Å². The second-order valence-corrected chi connectivity index (χ2v) is 6.78. The summed E-state index contributed by atoms with van der Waals surface area (Å²) in [6, 6.07) is 15.9. The second-order valence-electron chi connectivity index (χ2n) is 5.65. The number of hydrogen-bond acceptors (Lipinski definition) is 5. The van der Waals surface area contributed by atoms with E-state index >= 15 is 0 Å². The number of nitrogens with one attached hydrogen (secondary N) is 2. The molecule has 25 heavy (non-hydrogen) atoms. The number of carbonyl (C=O) groups is 2. The molecular formula is C18H18N4O2S. The minimum absolute atomic E-state index is 0.264. The minimum Gasteiger partial charge on any atom is -0.368 e. The van der Waals surface area contributed by atoms with Crippen molar-refractivity contribution in [2.45, 2.75) is 18.3 Å². The quantitative estimate of drug-likeness (QED) is 0.783. The Hall–Kier alpha value is -2.80. The summed E-state index contributed by atoms with van der Waals surface area (Å²) in [6.45, 7) is 1.95. The Morgan fingerprint density at radius 2 is 1.76 bits per heavy atom. The number of amides is 2. The van der Waals surface area contributed by atoms with Crippen molar-refractivity contribution >= 4 is 34.4 Å². The molecule has 0 aliphatic carbocycles. The Balaban J connectivity index is 1.70.